The lowest BCUT2D eigenvalue weighted by atomic mass is 10.2. The molecule has 1 amide bonds. The first kappa shape index (κ1) is 18.9. The molecule has 1 fully saturated rings. The minimum Gasteiger partial charge on any atom is -0.459 e. The van der Waals surface area contributed by atoms with E-state index in [1.54, 1.807) is 35.6 Å². The normalized spacial score (nSPS) is 14.1. The van der Waals surface area contributed by atoms with Crippen LogP contribution < -0.4 is 9.80 Å². The van der Waals surface area contributed by atoms with Gasteiger partial charge in [0, 0.05) is 52.2 Å². The van der Waals surface area contributed by atoms with E-state index >= 15 is 0 Å². The summed E-state index contributed by atoms with van der Waals surface area (Å²) in [6, 6.07) is 7.43. The third-order valence-corrected chi connectivity index (χ3v) is 4.98. The third-order valence-electron chi connectivity index (χ3n) is 4.98. The van der Waals surface area contributed by atoms with E-state index in [-0.39, 0.29) is 5.91 Å². The van der Waals surface area contributed by atoms with Crippen molar-refractivity contribution in [1.29, 1.82) is 0 Å². The van der Waals surface area contributed by atoms with Crippen molar-refractivity contribution in [1.82, 2.24) is 25.1 Å². The second-order valence-corrected chi connectivity index (χ2v) is 6.90. The Labute approximate surface area is 169 Å². The molecule has 1 saturated heterocycles. The largest absolute Gasteiger partial charge is 0.459 e. The minimum atomic E-state index is -0.0769. The average Bonchev–Trinajstić information content (AvgIpc) is 3.33. The van der Waals surface area contributed by atoms with Gasteiger partial charge >= 0.3 is 0 Å². The standard InChI is InChI=1S/C20H23N7O2/c1-25(9-6-16-4-7-21-8-5-16)20-23-18(15-22-24-20)26-10-12-27(13-11-26)19(28)17-3-2-14-29-17/h2-5,7-8,14-15H,6,9-13H2,1H3. The zero-order chi connectivity index (χ0) is 20.1. The zero-order valence-electron chi connectivity index (χ0n) is 16.3. The fourth-order valence-electron chi connectivity index (χ4n) is 3.24. The predicted molar refractivity (Wildman–Crippen MR) is 108 cm³/mol. The number of rotatable bonds is 6. The minimum absolute atomic E-state index is 0.0769. The van der Waals surface area contributed by atoms with Crippen LogP contribution in [0.4, 0.5) is 11.8 Å². The molecule has 29 heavy (non-hydrogen) atoms. The van der Waals surface area contributed by atoms with Crippen molar-refractivity contribution in [3.05, 3.63) is 60.4 Å². The quantitative estimate of drug-likeness (QED) is 0.622. The Hall–Kier alpha value is -3.49. The van der Waals surface area contributed by atoms with Crippen LogP contribution in [0.2, 0.25) is 0 Å². The lowest BCUT2D eigenvalue weighted by molar-refractivity contribution is 0.0714. The molecule has 4 heterocycles. The highest BCUT2D eigenvalue weighted by atomic mass is 16.3. The molecule has 150 valence electrons. The van der Waals surface area contributed by atoms with Crippen LogP contribution in [0.25, 0.3) is 0 Å². The van der Waals surface area contributed by atoms with E-state index in [1.165, 1.54) is 11.8 Å². The molecule has 3 aromatic rings. The Kier molecular flexibility index (Phi) is 5.64. The second-order valence-electron chi connectivity index (χ2n) is 6.90. The molecule has 1 aliphatic heterocycles. The highest BCUT2D eigenvalue weighted by Gasteiger charge is 2.24. The van der Waals surface area contributed by atoms with Gasteiger partial charge in [0.2, 0.25) is 5.95 Å². The first-order valence-corrected chi connectivity index (χ1v) is 9.58. The number of carbonyl (C=O) groups is 1. The fraction of sp³-hybridized carbons (Fsp3) is 0.350. The van der Waals surface area contributed by atoms with Crippen LogP contribution in [-0.2, 0) is 6.42 Å². The summed E-state index contributed by atoms with van der Waals surface area (Å²) in [4.78, 5) is 27.0. The van der Waals surface area contributed by atoms with Gasteiger partial charge in [0.05, 0.1) is 12.5 Å². The number of anilines is 2. The van der Waals surface area contributed by atoms with Gasteiger partial charge in [-0.05, 0) is 36.2 Å². The van der Waals surface area contributed by atoms with Gasteiger partial charge in [-0.1, -0.05) is 0 Å². The van der Waals surface area contributed by atoms with Gasteiger partial charge in [-0.3, -0.25) is 9.78 Å². The molecule has 1 aliphatic rings. The maximum atomic E-state index is 12.4. The number of furan rings is 1. The number of likely N-dealkylation sites (N-methyl/N-ethyl adjacent to an activating group) is 1. The predicted octanol–water partition coefficient (Wildman–Crippen LogP) is 1.50. The molecule has 9 heteroatoms. The molecule has 0 spiro atoms. The molecule has 0 atom stereocenters. The molecular formula is C20H23N7O2. The molecular weight excluding hydrogens is 370 g/mol. The smallest absolute Gasteiger partial charge is 0.289 e. The lowest BCUT2D eigenvalue weighted by Gasteiger charge is -2.35. The van der Waals surface area contributed by atoms with Crippen molar-refractivity contribution >= 4 is 17.7 Å². The van der Waals surface area contributed by atoms with E-state index in [2.05, 4.69) is 25.1 Å². The Morgan fingerprint density at radius 2 is 1.97 bits per heavy atom. The van der Waals surface area contributed by atoms with Gasteiger partial charge in [-0.25, -0.2) is 0 Å². The number of amides is 1. The molecule has 3 aromatic heterocycles. The van der Waals surface area contributed by atoms with Crippen LogP contribution in [-0.4, -0.2) is 70.7 Å². The Morgan fingerprint density at radius 1 is 1.17 bits per heavy atom. The van der Waals surface area contributed by atoms with Gasteiger partial charge in [0.15, 0.2) is 11.6 Å². The summed E-state index contributed by atoms with van der Waals surface area (Å²) in [5.41, 5.74) is 1.22. The Bertz CT molecular complexity index is 925. The Balaban J connectivity index is 1.34. The van der Waals surface area contributed by atoms with Gasteiger partial charge in [-0.15, -0.1) is 5.10 Å². The van der Waals surface area contributed by atoms with Crippen molar-refractivity contribution in [3.63, 3.8) is 0 Å². The highest BCUT2D eigenvalue weighted by Crippen LogP contribution is 2.17. The van der Waals surface area contributed by atoms with Crippen molar-refractivity contribution < 1.29 is 9.21 Å². The summed E-state index contributed by atoms with van der Waals surface area (Å²) >= 11 is 0. The summed E-state index contributed by atoms with van der Waals surface area (Å²) < 4.78 is 5.21. The Morgan fingerprint density at radius 3 is 2.69 bits per heavy atom. The SMILES string of the molecule is CN(CCc1ccncc1)c1nncc(N2CCN(C(=O)c3ccco3)CC2)n1. The molecule has 4 rings (SSSR count). The summed E-state index contributed by atoms with van der Waals surface area (Å²) in [6.45, 7) is 3.37. The molecule has 0 saturated carbocycles. The molecule has 0 aliphatic carbocycles. The molecule has 0 radical (unpaired) electrons. The molecule has 0 bridgehead atoms. The van der Waals surface area contributed by atoms with Crippen LogP contribution >= 0.6 is 0 Å². The number of pyridine rings is 1. The summed E-state index contributed by atoms with van der Waals surface area (Å²) in [5.74, 6) is 1.66. The van der Waals surface area contributed by atoms with Gasteiger partial charge in [0.1, 0.15) is 0 Å². The molecule has 0 aromatic carbocycles. The van der Waals surface area contributed by atoms with Crippen molar-refractivity contribution in [2.24, 2.45) is 0 Å². The number of hydrogen-bond acceptors (Lipinski definition) is 8. The van der Waals surface area contributed by atoms with E-state index in [1.807, 2.05) is 24.1 Å². The van der Waals surface area contributed by atoms with Crippen LogP contribution in [0, 0.1) is 0 Å². The molecule has 0 N–H and O–H groups in total. The van der Waals surface area contributed by atoms with Crippen molar-refractivity contribution in [3.8, 4) is 0 Å². The second kappa shape index (κ2) is 8.68. The van der Waals surface area contributed by atoms with E-state index < -0.39 is 0 Å². The van der Waals surface area contributed by atoms with Gasteiger partial charge < -0.3 is 19.1 Å². The highest BCUT2D eigenvalue weighted by molar-refractivity contribution is 5.91. The average molecular weight is 393 g/mol. The third kappa shape index (κ3) is 4.50. The van der Waals surface area contributed by atoms with Gasteiger partial charge in [0.25, 0.3) is 5.91 Å². The maximum absolute atomic E-state index is 12.4. The van der Waals surface area contributed by atoms with E-state index in [0.29, 0.717) is 37.9 Å². The lowest BCUT2D eigenvalue weighted by Crippen LogP contribution is -2.49. The van der Waals surface area contributed by atoms with E-state index in [9.17, 15) is 4.79 Å². The number of aromatic nitrogens is 4. The number of nitrogens with zero attached hydrogens (tertiary/aromatic N) is 7. The maximum Gasteiger partial charge on any atom is 0.289 e. The monoisotopic (exact) mass is 393 g/mol. The van der Waals surface area contributed by atoms with Crippen LogP contribution in [0.3, 0.4) is 0 Å². The van der Waals surface area contributed by atoms with Crippen LogP contribution in [0.15, 0.2) is 53.5 Å². The van der Waals surface area contributed by atoms with Gasteiger partial charge in [-0.2, -0.15) is 10.1 Å². The first-order chi connectivity index (χ1) is 14.2. The number of piperazine rings is 1. The molecule has 9 nitrogen and oxygen atoms in total. The number of carbonyl (C=O) groups excluding carboxylic acids is 1. The summed E-state index contributed by atoms with van der Waals surface area (Å²) in [7, 11) is 1.96. The summed E-state index contributed by atoms with van der Waals surface area (Å²) in [6.07, 6.45) is 7.65. The van der Waals surface area contributed by atoms with Crippen molar-refractivity contribution in [2.45, 2.75) is 6.42 Å². The fourth-order valence-corrected chi connectivity index (χ4v) is 3.24. The van der Waals surface area contributed by atoms with Crippen LogP contribution in [0.5, 0.6) is 0 Å². The molecule has 0 unspecified atom stereocenters. The summed E-state index contributed by atoms with van der Waals surface area (Å²) in [5, 5.41) is 8.30. The van der Waals surface area contributed by atoms with E-state index in [4.69, 9.17) is 4.42 Å². The topological polar surface area (TPSA) is 91.5 Å². The zero-order valence-corrected chi connectivity index (χ0v) is 16.3. The van der Waals surface area contributed by atoms with E-state index in [0.717, 1.165) is 18.8 Å². The van der Waals surface area contributed by atoms with Crippen LogP contribution in [0.1, 0.15) is 16.1 Å². The van der Waals surface area contributed by atoms with Crippen molar-refractivity contribution in [2.75, 3.05) is 49.6 Å². The number of hydrogen-bond donors (Lipinski definition) is 0. The first-order valence-electron chi connectivity index (χ1n) is 9.58.